The minimum Gasteiger partial charge on any atom is -0.468 e. The van der Waals surface area contributed by atoms with E-state index in [-0.39, 0.29) is 11.8 Å². The first kappa shape index (κ1) is 12.7. The van der Waals surface area contributed by atoms with Crippen LogP contribution in [0.1, 0.15) is 19.3 Å². The lowest BCUT2D eigenvalue weighted by Gasteiger charge is -2.34. The first-order valence-electron chi connectivity index (χ1n) is 5.55. The van der Waals surface area contributed by atoms with Crippen LogP contribution in [0.15, 0.2) is 12.7 Å². The number of esters is 1. The zero-order valence-electron chi connectivity index (χ0n) is 9.94. The highest BCUT2D eigenvalue weighted by atomic mass is 16.5. The SMILES string of the molecule is C=CCCC1CCN(C)C(=O)C1C(=O)OC. The Bertz CT molecular complexity index is 288. The van der Waals surface area contributed by atoms with Gasteiger partial charge in [0.25, 0.3) is 0 Å². The van der Waals surface area contributed by atoms with E-state index in [2.05, 4.69) is 6.58 Å². The van der Waals surface area contributed by atoms with Crippen LogP contribution in [0.3, 0.4) is 0 Å². The average Bonchev–Trinajstić information content (AvgIpc) is 2.29. The van der Waals surface area contributed by atoms with Crippen LogP contribution in [0.2, 0.25) is 0 Å². The van der Waals surface area contributed by atoms with Gasteiger partial charge in [-0.05, 0) is 25.2 Å². The third-order valence-electron chi connectivity index (χ3n) is 3.15. The van der Waals surface area contributed by atoms with Crippen molar-refractivity contribution in [2.75, 3.05) is 20.7 Å². The fourth-order valence-corrected chi connectivity index (χ4v) is 2.14. The molecule has 1 amide bonds. The largest absolute Gasteiger partial charge is 0.468 e. The fourth-order valence-electron chi connectivity index (χ4n) is 2.14. The molecule has 0 bridgehead atoms. The molecule has 1 aliphatic heterocycles. The zero-order valence-corrected chi connectivity index (χ0v) is 9.94. The molecule has 1 fully saturated rings. The molecule has 0 aliphatic carbocycles. The molecule has 0 aromatic rings. The summed E-state index contributed by atoms with van der Waals surface area (Å²) >= 11 is 0. The number of hydrogen-bond acceptors (Lipinski definition) is 3. The standard InChI is InChI=1S/C12H19NO3/c1-4-5-6-9-7-8-13(2)11(14)10(9)12(15)16-3/h4,9-10H,1,5-8H2,2-3H3. The Hall–Kier alpha value is -1.32. The molecule has 90 valence electrons. The molecule has 4 heteroatoms. The number of carbonyl (C=O) groups is 2. The Labute approximate surface area is 96.3 Å². The number of ether oxygens (including phenoxy) is 1. The van der Waals surface area contributed by atoms with Gasteiger partial charge in [-0.25, -0.2) is 0 Å². The number of nitrogens with zero attached hydrogens (tertiary/aromatic N) is 1. The molecule has 0 aromatic carbocycles. The van der Waals surface area contributed by atoms with E-state index in [0.29, 0.717) is 6.54 Å². The van der Waals surface area contributed by atoms with Gasteiger partial charge in [-0.15, -0.1) is 6.58 Å². The summed E-state index contributed by atoms with van der Waals surface area (Å²) in [6, 6.07) is 0. The summed E-state index contributed by atoms with van der Waals surface area (Å²) in [5.41, 5.74) is 0. The second-order valence-corrected chi connectivity index (χ2v) is 4.18. The lowest BCUT2D eigenvalue weighted by atomic mass is 9.82. The van der Waals surface area contributed by atoms with Gasteiger partial charge < -0.3 is 9.64 Å². The summed E-state index contributed by atoms with van der Waals surface area (Å²) < 4.78 is 4.71. The van der Waals surface area contributed by atoms with Gasteiger partial charge in [-0.1, -0.05) is 6.08 Å². The van der Waals surface area contributed by atoms with E-state index in [1.807, 2.05) is 6.08 Å². The molecular formula is C12H19NO3. The van der Waals surface area contributed by atoms with E-state index in [9.17, 15) is 9.59 Å². The van der Waals surface area contributed by atoms with Crippen molar-refractivity contribution in [3.05, 3.63) is 12.7 Å². The summed E-state index contributed by atoms with van der Waals surface area (Å²) in [7, 11) is 3.05. The van der Waals surface area contributed by atoms with Crippen molar-refractivity contribution >= 4 is 11.9 Å². The number of rotatable bonds is 4. The van der Waals surface area contributed by atoms with Crippen molar-refractivity contribution in [3.8, 4) is 0 Å². The van der Waals surface area contributed by atoms with Crippen molar-refractivity contribution in [1.29, 1.82) is 0 Å². The van der Waals surface area contributed by atoms with Gasteiger partial charge in [0.2, 0.25) is 5.91 Å². The number of hydrogen-bond donors (Lipinski definition) is 0. The number of piperidine rings is 1. The van der Waals surface area contributed by atoms with Gasteiger partial charge in [0.15, 0.2) is 0 Å². The molecule has 0 aromatic heterocycles. The highest BCUT2D eigenvalue weighted by Gasteiger charge is 2.40. The summed E-state index contributed by atoms with van der Waals surface area (Å²) in [5.74, 6) is -1.06. The van der Waals surface area contributed by atoms with Gasteiger partial charge >= 0.3 is 5.97 Å². The van der Waals surface area contributed by atoms with Crippen LogP contribution in [0.5, 0.6) is 0 Å². The Morgan fingerprint density at radius 1 is 1.69 bits per heavy atom. The number of amides is 1. The van der Waals surface area contributed by atoms with Gasteiger partial charge in [0, 0.05) is 13.6 Å². The Balaban J connectivity index is 2.77. The van der Waals surface area contributed by atoms with Gasteiger partial charge in [0.1, 0.15) is 5.92 Å². The second kappa shape index (κ2) is 5.68. The van der Waals surface area contributed by atoms with E-state index in [1.54, 1.807) is 11.9 Å². The van der Waals surface area contributed by atoms with Crippen LogP contribution in [-0.4, -0.2) is 37.5 Å². The van der Waals surface area contributed by atoms with Crippen molar-refractivity contribution in [1.82, 2.24) is 4.90 Å². The van der Waals surface area contributed by atoms with Crippen molar-refractivity contribution in [2.24, 2.45) is 11.8 Å². The van der Waals surface area contributed by atoms with E-state index in [4.69, 9.17) is 4.74 Å². The van der Waals surface area contributed by atoms with Crippen LogP contribution in [-0.2, 0) is 14.3 Å². The maximum atomic E-state index is 11.9. The molecule has 2 unspecified atom stereocenters. The predicted octanol–water partition coefficient (Wildman–Crippen LogP) is 1.22. The topological polar surface area (TPSA) is 46.6 Å². The van der Waals surface area contributed by atoms with Crippen molar-refractivity contribution in [2.45, 2.75) is 19.3 Å². The highest BCUT2D eigenvalue weighted by molar-refractivity contribution is 5.98. The number of likely N-dealkylation sites (tertiary alicyclic amines) is 1. The van der Waals surface area contributed by atoms with E-state index >= 15 is 0 Å². The molecule has 1 saturated heterocycles. The van der Waals surface area contributed by atoms with Gasteiger partial charge in [-0.3, -0.25) is 9.59 Å². The highest BCUT2D eigenvalue weighted by Crippen LogP contribution is 2.29. The predicted molar refractivity (Wildman–Crippen MR) is 60.7 cm³/mol. The Kier molecular flexibility index (Phi) is 4.52. The second-order valence-electron chi connectivity index (χ2n) is 4.18. The van der Waals surface area contributed by atoms with Crippen LogP contribution in [0, 0.1) is 11.8 Å². The Morgan fingerprint density at radius 2 is 2.38 bits per heavy atom. The minimum absolute atomic E-state index is 0.0918. The summed E-state index contributed by atoms with van der Waals surface area (Å²) in [4.78, 5) is 25.1. The van der Waals surface area contributed by atoms with Gasteiger partial charge in [-0.2, -0.15) is 0 Å². The monoisotopic (exact) mass is 225 g/mol. The lowest BCUT2D eigenvalue weighted by Crippen LogP contribution is -2.47. The zero-order chi connectivity index (χ0) is 12.1. The minimum atomic E-state index is -0.622. The van der Waals surface area contributed by atoms with Crippen molar-refractivity contribution in [3.63, 3.8) is 0 Å². The molecule has 16 heavy (non-hydrogen) atoms. The Morgan fingerprint density at radius 3 is 2.94 bits per heavy atom. The van der Waals surface area contributed by atoms with Crippen LogP contribution < -0.4 is 0 Å². The molecule has 2 atom stereocenters. The molecule has 0 spiro atoms. The lowest BCUT2D eigenvalue weighted by molar-refractivity contribution is -0.158. The molecule has 4 nitrogen and oxygen atoms in total. The number of methoxy groups -OCH3 is 1. The van der Waals surface area contributed by atoms with E-state index in [1.165, 1.54) is 7.11 Å². The molecule has 1 heterocycles. The number of allylic oxidation sites excluding steroid dienone is 1. The van der Waals surface area contributed by atoms with Crippen molar-refractivity contribution < 1.29 is 14.3 Å². The third kappa shape index (κ3) is 2.62. The van der Waals surface area contributed by atoms with Crippen LogP contribution in [0.4, 0.5) is 0 Å². The molecule has 0 N–H and O–H groups in total. The maximum absolute atomic E-state index is 11.9. The summed E-state index contributed by atoms with van der Waals surface area (Å²) in [6.45, 7) is 4.37. The fraction of sp³-hybridized carbons (Fsp3) is 0.667. The number of carbonyl (C=O) groups excluding carboxylic acids is 2. The van der Waals surface area contributed by atoms with Crippen LogP contribution >= 0.6 is 0 Å². The molecule has 1 rings (SSSR count). The summed E-state index contributed by atoms with van der Waals surface area (Å²) in [6.07, 6.45) is 4.32. The molecular weight excluding hydrogens is 206 g/mol. The quantitative estimate of drug-likeness (QED) is 0.410. The molecule has 0 saturated carbocycles. The molecule has 0 radical (unpaired) electrons. The van der Waals surface area contributed by atoms with E-state index in [0.717, 1.165) is 19.3 Å². The summed E-state index contributed by atoms with van der Waals surface area (Å²) in [5, 5.41) is 0. The first-order valence-corrected chi connectivity index (χ1v) is 5.55. The maximum Gasteiger partial charge on any atom is 0.318 e. The first-order chi connectivity index (χ1) is 7.61. The third-order valence-corrected chi connectivity index (χ3v) is 3.15. The average molecular weight is 225 g/mol. The van der Waals surface area contributed by atoms with Gasteiger partial charge in [0.05, 0.1) is 7.11 Å². The van der Waals surface area contributed by atoms with E-state index < -0.39 is 11.9 Å². The van der Waals surface area contributed by atoms with Crippen LogP contribution in [0.25, 0.3) is 0 Å². The normalized spacial score (nSPS) is 25.4. The molecule has 1 aliphatic rings. The smallest absolute Gasteiger partial charge is 0.318 e.